The maximum atomic E-state index is 6.13. The van der Waals surface area contributed by atoms with E-state index in [1.165, 1.54) is 5.56 Å². The normalized spacial score (nSPS) is 19.6. The minimum atomic E-state index is -0.159. The molecule has 1 unspecified atom stereocenters. The lowest BCUT2D eigenvalue weighted by Crippen LogP contribution is -2.17. The van der Waals surface area contributed by atoms with Crippen LogP contribution < -0.4 is 5.73 Å². The molecule has 1 aliphatic carbocycles. The van der Waals surface area contributed by atoms with E-state index in [9.17, 15) is 0 Å². The van der Waals surface area contributed by atoms with Crippen molar-refractivity contribution in [3.8, 4) is 0 Å². The Bertz CT molecular complexity index is 543. The monoisotopic (exact) mass is 254 g/mol. The highest BCUT2D eigenvalue weighted by Crippen LogP contribution is 2.27. The Kier molecular flexibility index (Phi) is 4.31. The third kappa shape index (κ3) is 3.20. The van der Waals surface area contributed by atoms with Crippen LogP contribution in [0.1, 0.15) is 17.2 Å². The Labute approximate surface area is 113 Å². The average molecular weight is 254 g/mol. The SMILES string of the molecule is C=C/C=C\C(=C)CO/N=C1/Cc2ccccc2C1N. The van der Waals surface area contributed by atoms with Gasteiger partial charge in [0.2, 0.25) is 0 Å². The maximum Gasteiger partial charge on any atom is 0.141 e. The highest BCUT2D eigenvalue weighted by atomic mass is 16.6. The van der Waals surface area contributed by atoms with Crippen LogP contribution in [0.15, 0.2) is 66.4 Å². The zero-order valence-electron chi connectivity index (χ0n) is 10.9. The van der Waals surface area contributed by atoms with Crippen molar-refractivity contribution in [3.05, 3.63) is 72.4 Å². The summed E-state index contributed by atoms with van der Waals surface area (Å²) in [5, 5.41) is 4.14. The third-order valence-electron chi connectivity index (χ3n) is 3.02. The minimum Gasteiger partial charge on any atom is -0.391 e. The van der Waals surface area contributed by atoms with E-state index in [1.54, 1.807) is 6.08 Å². The summed E-state index contributed by atoms with van der Waals surface area (Å²) in [7, 11) is 0. The van der Waals surface area contributed by atoms with Gasteiger partial charge in [-0.15, -0.1) is 0 Å². The molecule has 2 rings (SSSR count). The molecule has 3 heteroatoms. The largest absolute Gasteiger partial charge is 0.391 e. The fourth-order valence-corrected chi connectivity index (χ4v) is 2.02. The van der Waals surface area contributed by atoms with E-state index in [0.29, 0.717) is 6.61 Å². The van der Waals surface area contributed by atoms with Crippen molar-refractivity contribution in [1.29, 1.82) is 0 Å². The van der Waals surface area contributed by atoms with Gasteiger partial charge in [0.25, 0.3) is 0 Å². The molecule has 1 atom stereocenters. The van der Waals surface area contributed by atoms with Crippen LogP contribution in [0.3, 0.4) is 0 Å². The zero-order valence-corrected chi connectivity index (χ0v) is 10.9. The molecule has 1 aliphatic rings. The lowest BCUT2D eigenvalue weighted by molar-refractivity contribution is 0.168. The van der Waals surface area contributed by atoms with Crippen molar-refractivity contribution in [1.82, 2.24) is 0 Å². The fourth-order valence-electron chi connectivity index (χ4n) is 2.02. The molecule has 19 heavy (non-hydrogen) atoms. The minimum absolute atomic E-state index is 0.159. The Morgan fingerprint density at radius 3 is 3.00 bits per heavy atom. The number of hydrogen-bond acceptors (Lipinski definition) is 3. The molecule has 0 radical (unpaired) electrons. The van der Waals surface area contributed by atoms with Crippen LogP contribution in [0.25, 0.3) is 0 Å². The highest BCUT2D eigenvalue weighted by molar-refractivity contribution is 5.96. The number of allylic oxidation sites excluding steroid dienone is 2. The second-order valence-corrected chi connectivity index (χ2v) is 4.46. The van der Waals surface area contributed by atoms with Gasteiger partial charge in [-0.05, 0) is 16.7 Å². The van der Waals surface area contributed by atoms with Crippen LogP contribution in [-0.2, 0) is 11.3 Å². The van der Waals surface area contributed by atoms with Gasteiger partial charge in [-0.25, -0.2) is 0 Å². The van der Waals surface area contributed by atoms with Gasteiger partial charge in [-0.2, -0.15) is 0 Å². The first-order chi connectivity index (χ1) is 9.22. The van der Waals surface area contributed by atoms with Crippen molar-refractivity contribution in [2.24, 2.45) is 10.9 Å². The number of nitrogens with two attached hydrogens (primary N) is 1. The van der Waals surface area contributed by atoms with Gasteiger partial charge in [-0.3, -0.25) is 0 Å². The summed E-state index contributed by atoms with van der Waals surface area (Å²) >= 11 is 0. The molecule has 0 saturated carbocycles. The van der Waals surface area contributed by atoms with Crippen molar-refractivity contribution in [3.63, 3.8) is 0 Å². The molecular weight excluding hydrogens is 236 g/mol. The molecule has 3 nitrogen and oxygen atoms in total. The van der Waals surface area contributed by atoms with Crippen molar-refractivity contribution < 1.29 is 4.84 Å². The van der Waals surface area contributed by atoms with E-state index in [1.807, 2.05) is 30.4 Å². The highest BCUT2D eigenvalue weighted by Gasteiger charge is 2.25. The van der Waals surface area contributed by atoms with E-state index in [0.717, 1.165) is 23.3 Å². The summed E-state index contributed by atoms with van der Waals surface area (Å²) in [6, 6.07) is 7.95. The number of oxime groups is 1. The number of nitrogens with zero attached hydrogens (tertiary/aromatic N) is 1. The molecule has 0 aliphatic heterocycles. The molecular formula is C16H18N2O. The van der Waals surface area contributed by atoms with Gasteiger partial charge in [0, 0.05) is 6.42 Å². The molecule has 0 fully saturated rings. The number of hydrogen-bond donors (Lipinski definition) is 1. The molecule has 0 heterocycles. The molecule has 0 aromatic heterocycles. The summed E-state index contributed by atoms with van der Waals surface area (Å²) in [5.74, 6) is 0. The summed E-state index contributed by atoms with van der Waals surface area (Å²) in [5.41, 5.74) is 10.2. The van der Waals surface area contributed by atoms with Crippen LogP contribution in [-0.4, -0.2) is 12.3 Å². The first-order valence-electron chi connectivity index (χ1n) is 6.21. The molecule has 0 bridgehead atoms. The maximum absolute atomic E-state index is 6.13. The smallest absolute Gasteiger partial charge is 0.141 e. The van der Waals surface area contributed by atoms with Gasteiger partial charge in [0.15, 0.2) is 0 Å². The summed E-state index contributed by atoms with van der Waals surface area (Å²) in [6.07, 6.45) is 6.11. The second kappa shape index (κ2) is 6.16. The Morgan fingerprint density at radius 1 is 1.47 bits per heavy atom. The van der Waals surface area contributed by atoms with Gasteiger partial charge in [0.05, 0.1) is 11.8 Å². The number of rotatable bonds is 5. The molecule has 0 saturated heterocycles. The first-order valence-corrected chi connectivity index (χ1v) is 6.21. The fraction of sp³-hybridized carbons (Fsp3) is 0.188. The van der Waals surface area contributed by atoms with Gasteiger partial charge >= 0.3 is 0 Å². The Balaban J connectivity index is 1.94. The van der Waals surface area contributed by atoms with Gasteiger partial charge in [0.1, 0.15) is 6.61 Å². The van der Waals surface area contributed by atoms with Gasteiger partial charge < -0.3 is 10.6 Å². The van der Waals surface area contributed by atoms with Crippen LogP contribution in [0, 0.1) is 0 Å². The average Bonchev–Trinajstić information content (AvgIpc) is 2.74. The number of benzene rings is 1. The van der Waals surface area contributed by atoms with Crippen molar-refractivity contribution in [2.45, 2.75) is 12.5 Å². The van der Waals surface area contributed by atoms with Crippen LogP contribution in [0.5, 0.6) is 0 Å². The summed E-state index contributed by atoms with van der Waals surface area (Å²) < 4.78 is 0. The summed E-state index contributed by atoms with van der Waals surface area (Å²) in [6.45, 7) is 7.81. The van der Waals surface area contributed by atoms with Crippen LogP contribution in [0.2, 0.25) is 0 Å². The molecule has 0 spiro atoms. The molecule has 2 N–H and O–H groups in total. The second-order valence-electron chi connectivity index (χ2n) is 4.46. The van der Waals surface area contributed by atoms with E-state index < -0.39 is 0 Å². The summed E-state index contributed by atoms with van der Waals surface area (Å²) in [4.78, 5) is 5.30. The molecule has 98 valence electrons. The van der Waals surface area contributed by atoms with E-state index in [-0.39, 0.29) is 6.04 Å². The van der Waals surface area contributed by atoms with E-state index >= 15 is 0 Å². The van der Waals surface area contributed by atoms with Crippen LogP contribution >= 0.6 is 0 Å². The van der Waals surface area contributed by atoms with E-state index in [2.05, 4.69) is 24.4 Å². The topological polar surface area (TPSA) is 47.6 Å². The van der Waals surface area contributed by atoms with Crippen LogP contribution in [0.4, 0.5) is 0 Å². The lowest BCUT2D eigenvalue weighted by atomic mass is 10.1. The Morgan fingerprint density at radius 2 is 2.26 bits per heavy atom. The predicted molar refractivity (Wildman–Crippen MR) is 78.9 cm³/mol. The first kappa shape index (κ1) is 13.3. The Hall–Kier alpha value is -2.13. The molecule has 0 amide bonds. The van der Waals surface area contributed by atoms with E-state index in [4.69, 9.17) is 10.6 Å². The molecule has 1 aromatic carbocycles. The van der Waals surface area contributed by atoms with Crippen molar-refractivity contribution in [2.75, 3.05) is 6.61 Å². The third-order valence-corrected chi connectivity index (χ3v) is 3.02. The lowest BCUT2D eigenvalue weighted by Gasteiger charge is -2.06. The van der Waals surface area contributed by atoms with Gasteiger partial charge in [-0.1, -0.05) is 60.8 Å². The van der Waals surface area contributed by atoms with Crippen molar-refractivity contribution >= 4 is 5.71 Å². The zero-order chi connectivity index (χ0) is 13.7. The number of fused-ring (bicyclic) bond motifs is 1. The quantitative estimate of drug-likeness (QED) is 0.648. The standard InChI is InChI=1S/C16H18N2O/c1-3-4-7-12(2)11-19-18-15-10-13-8-5-6-9-14(13)16(15)17/h3-9,16H,1-2,10-11,17H2/b7-4-,18-15-. The molecule has 1 aromatic rings. The predicted octanol–water partition coefficient (Wildman–Crippen LogP) is 2.91.